The molecule has 7 heteroatoms. The van der Waals surface area contributed by atoms with Crippen LogP contribution in [0.15, 0.2) is 55.0 Å². The van der Waals surface area contributed by atoms with Crippen LogP contribution in [0.3, 0.4) is 0 Å². The average Bonchev–Trinajstić information content (AvgIpc) is 3.39. The van der Waals surface area contributed by atoms with Gasteiger partial charge in [0.2, 0.25) is 0 Å². The molecule has 1 atom stereocenters. The van der Waals surface area contributed by atoms with E-state index in [1.54, 1.807) is 24.8 Å². The van der Waals surface area contributed by atoms with Crippen LogP contribution >= 0.6 is 22.9 Å². The second-order valence-corrected chi connectivity index (χ2v) is 9.22. The Morgan fingerprint density at radius 2 is 2.10 bits per heavy atom. The van der Waals surface area contributed by atoms with Crippen LogP contribution in [0.2, 0.25) is 5.02 Å². The molecule has 1 unspecified atom stereocenters. The molecule has 4 aromatic rings. The molecule has 5 rings (SSSR count). The number of halogens is 1. The average molecular weight is 451 g/mol. The highest BCUT2D eigenvalue weighted by Gasteiger charge is 2.27. The number of imidazole rings is 1. The number of aryl methyl sites for hydroxylation is 2. The number of fused-ring (bicyclic) bond motifs is 1. The summed E-state index contributed by atoms with van der Waals surface area (Å²) in [4.78, 5) is 10.6. The fraction of sp³-hybridized carbons (Fsp3) is 0.250. The van der Waals surface area contributed by atoms with Gasteiger partial charge in [0, 0.05) is 33.8 Å². The molecule has 2 heterocycles. The van der Waals surface area contributed by atoms with Crippen molar-refractivity contribution in [3.05, 3.63) is 81.8 Å². The number of aromatic nitrogens is 3. The molecule has 1 aliphatic carbocycles. The van der Waals surface area contributed by atoms with Gasteiger partial charge < -0.3 is 14.6 Å². The van der Waals surface area contributed by atoms with E-state index in [1.807, 2.05) is 48.0 Å². The quantitative estimate of drug-likeness (QED) is 0.376. The molecule has 1 N–H and O–H groups in total. The molecular weight excluding hydrogens is 428 g/mol. The first-order valence-electron chi connectivity index (χ1n) is 10.3. The number of benzene rings is 2. The minimum Gasteiger partial charge on any atom is -0.494 e. The third kappa shape index (κ3) is 3.93. The van der Waals surface area contributed by atoms with Crippen LogP contribution in [0.1, 0.15) is 40.6 Å². The van der Waals surface area contributed by atoms with E-state index in [-0.39, 0.29) is 5.92 Å². The molecule has 5 nitrogen and oxygen atoms in total. The Hall–Kier alpha value is -2.83. The predicted molar refractivity (Wildman–Crippen MR) is 126 cm³/mol. The number of nitrogens with one attached hydrogen (secondary N) is 1. The van der Waals surface area contributed by atoms with E-state index < -0.39 is 0 Å². The van der Waals surface area contributed by atoms with E-state index >= 15 is 0 Å². The number of ether oxygens (including phenoxy) is 1. The number of hydrogen-bond donors (Lipinski definition) is 1. The maximum absolute atomic E-state index is 6.50. The lowest BCUT2D eigenvalue weighted by molar-refractivity contribution is 0.413. The lowest BCUT2D eigenvalue weighted by Gasteiger charge is -2.22. The maximum atomic E-state index is 6.50. The molecule has 158 valence electrons. The molecule has 0 aliphatic heterocycles. The largest absolute Gasteiger partial charge is 0.494 e. The fourth-order valence-electron chi connectivity index (χ4n) is 4.18. The highest BCUT2D eigenvalue weighted by molar-refractivity contribution is 7.15. The summed E-state index contributed by atoms with van der Waals surface area (Å²) in [6, 6.07) is 14.2. The van der Waals surface area contributed by atoms with E-state index in [1.165, 1.54) is 10.4 Å². The van der Waals surface area contributed by atoms with Crippen LogP contribution in [0.25, 0.3) is 5.69 Å². The molecule has 0 fully saturated rings. The Kier molecular flexibility index (Phi) is 5.42. The molecule has 0 saturated heterocycles. The van der Waals surface area contributed by atoms with Crippen LogP contribution in [0.4, 0.5) is 10.8 Å². The Balaban J connectivity index is 1.43. The molecule has 0 bridgehead atoms. The van der Waals surface area contributed by atoms with E-state index in [0.29, 0.717) is 0 Å². The highest BCUT2D eigenvalue weighted by Crippen LogP contribution is 2.43. The maximum Gasteiger partial charge on any atom is 0.187 e. The summed E-state index contributed by atoms with van der Waals surface area (Å²) in [7, 11) is 1.68. The van der Waals surface area contributed by atoms with Crippen molar-refractivity contribution in [1.29, 1.82) is 0 Å². The van der Waals surface area contributed by atoms with Crippen molar-refractivity contribution in [3.8, 4) is 11.4 Å². The topological polar surface area (TPSA) is 52.0 Å². The van der Waals surface area contributed by atoms with E-state index in [9.17, 15) is 0 Å². The lowest BCUT2D eigenvalue weighted by atomic mass is 9.85. The first-order chi connectivity index (χ1) is 15.1. The van der Waals surface area contributed by atoms with E-state index in [0.717, 1.165) is 57.9 Å². The Labute approximate surface area is 190 Å². The van der Waals surface area contributed by atoms with Gasteiger partial charge in [-0.1, -0.05) is 29.8 Å². The number of methoxy groups -OCH3 is 1. The SMILES string of the molecule is COc1cc(Nc2nc3c(s2)CCCC3c2ccccc2Cl)ccc1-n1cnc(C)c1. The van der Waals surface area contributed by atoms with Gasteiger partial charge in [0.25, 0.3) is 0 Å². The second kappa shape index (κ2) is 8.36. The van der Waals surface area contributed by atoms with Crippen LogP contribution < -0.4 is 10.1 Å². The number of nitrogens with zero attached hydrogens (tertiary/aromatic N) is 3. The smallest absolute Gasteiger partial charge is 0.187 e. The van der Waals surface area contributed by atoms with Gasteiger partial charge in [0.15, 0.2) is 5.13 Å². The summed E-state index contributed by atoms with van der Waals surface area (Å²) in [5, 5.41) is 5.19. The van der Waals surface area contributed by atoms with Crippen LogP contribution in [0, 0.1) is 6.92 Å². The summed E-state index contributed by atoms with van der Waals surface area (Å²) in [5.74, 6) is 1.03. The molecular formula is C24H23ClN4OS. The first-order valence-corrected chi connectivity index (χ1v) is 11.5. The lowest BCUT2D eigenvalue weighted by Crippen LogP contribution is -2.10. The summed E-state index contributed by atoms with van der Waals surface area (Å²) < 4.78 is 7.60. The van der Waals surface area contributed by atoms with Gasteiger partial charge in [0.05, 0.1) is 30.5 Å². The van der Waals surface area contributed by atoms with Crippen LogP contribution in [-0.2, 0) is 6.42 Å². The highest BCUT2D eigenvalue weighted by atomic mass is 35.5. The molecule has 0 radical (unpaired) electrons. The van der Waals surface area contributed by atoms with Gasteiger partial charge in [-0.3, -0.25) is 0 Å². The van der Waals surface area contributed by atoms with Crippen molar-refractivity contribution >= 4 is 33.8 Å². The fourth-order valence-corrected chi connectivity index (χ4v) is 5.53. The Bertz CT molecular complexity index is 1230. The minimum atomic E-state index is 0.255. The molecule has 2 aromatic carbocycles. The van der Waals surface area contributed by atoms with Gasteiger partial charge in [-0.25, -0.2) is 9.97 Å². The van der Waals surface area contributed by atoms with Gasteiger partial charge >= 0.3 is 0 Å². The zero-order valence-corrected chi connectivity index (χ0v) is 19.0. The monoisotopic (exact) mass is 450 g/mol. The van der Waals surface area contributed by atoms with Gasteiger partial charge in [-0.05, 0) is 49.9 Å². The Morgan fingerprint density at radius 3 is 2.87 bits per heavy atom. The number of anilines is 2. The number of thiazole rings is 1. The molecule has 1 aliphatic rings. The second-order valence-electron chi connectivity index (χ2n) is 7.73. The molecule has 0 amide bonds. The zero-order valence-electron chi connectivity index (χ0n) is 17.4. The van der Waals surface area contributed by atoms with Crippen molar-refractivity contribution in [1.82, 2.24) is 14.5 Å². The van der Waals surface area contributed by atoms with Crippen LogP contribution in [0.5, 0.6) is 5.75 Å². The molecule has 31 heavy (non-hydrogen) atoms. The standard InChI is InChI=1S/C24H23ClN4OS/c1-15-13-29(14-26-15)20-11-10-16(12-21(20)30-2)27-24-28-23-18(7-5-9-22(23)31-24)17-6-3-4-8-19(17)25/h3-4,6,8,10-14,18H,5,7,9H2,1-2H3,(H,27,28). The molecule has 0 spiro atoms. The minimum absolute atomic E-state index is 0.255. The van der Waals surface area contributed by atoms with Crippen LogP contribution in [-0.4, -0.2) is 21.6 Å². The molecule has 2 aromatic heterocycles. The van der Waals surface area contributed by atoms with Gasteiger partial charge in [-0.15, -0.1) is 11.3 Å². The van der Waals surface area contributed by atoms with E-state index in [4.69, 9.17) is 21.3 Å². The Morgan fingerprint density at radius 1 is 1.23 bits per heavy atom. The van der Waals surface area contributed by atoms with Gasteiger partial charge in [-0.2, -0.15) is 0 Å². The predicted octanol–water partition coefficient (Wildman–Crippen LogP) is 6.51. The summed E-state index contributed by atoms with van der Waals surface area (Å²) in [5.41, 5.74) is 5.18. The van der Waals surface area contributed by atoms with Crippen molar-refractivity contribution < 1.29 is 4.74 Å². The third-order valence-corrected chi connectivity index (χ3v) is 7.05. The molecule has 0 saturated carbocycles. The van der Waals surface area contributed by atoms with Crippen molar-refractivity contribution in [2.24, 2.45) is 0 Å². The van der Waals surface area contributed by atoms with Crippen molar-refractivity contribution in [3.63, 3.8) is 0 Å². The third-order valence-electron chi connectivity index (χ3n) is 5.66. The van der Waals surface area contributed by atoms with E-state index in [2.05, 4.69) is 22.4 Å². The first kappa shape index (κ1) is 20.1. The summed E-state index contributed by atoms with van der Waals surface area (Å²) in [6.07, 6.45) is 7.07. The summed E-state index contributed by atoms with van der Waals surface area (Å²) in [6.45, 7) is 1.97. The van der Waals surface area contributed by atoms with Gasteiger partial charge in [0.1, 0.15) is 5.75 Å². The number of hydrogen-bond acceptors (Lipinski definition) is 5. The van der Waals surface area contributed by atoms with Crippen molar-refractivity contribution in [2.75, 3.05) is 12.4 Å². The zero-order chi connectivity index (χ0) is 21.4. The summed E-state index contributed by atoms with van der Waals surface area (Å²) >= 11 is 8.23. The van der Waals surface area contributed by atoms with Crippen molar-refractivity contribution in [2.45, 2.75) is 32.1 Å². The number of rotatable bonds is 5. The normalized spacial score (nSPS) is 15.5.